The van der Waals surface area contributed by atoms with E-state index in [1.54, 1.807) is 54.9 Å². The summed E-state index contributed by atoms with van der Waals surface area (Å²) in [4.78, 5) is 26.9. The minimum absolute atomic E-state index is 0.195. The van der Waals surface area contributed by atoms with Crippen molar-refractivity contribution in [1.82, 2.24) is 9.55 Å². The standard InChI is InChI=1S/C21H20N2O5/c1-26-18-11-14(12-19(27-2)20(18)28-3)7-8-17(24)15-5-4-6-16(13-15)23-10-9-22-21(23)25/h4-13H,1-3H3,(H,22,25)/b8-7+. The number of imidazole rings is 1. The Labute approximate surface area is 161 Å². The molecule has 0 fully saturated rings. The summed E-state index contributed by atoms with van der Waals surface area (Å²) in [6.07, 6.45) is 6.28. The third-order valence-electron chi connectivity index (χ3n) is 4.17. The van der Waals surface area contributed by atoms with Gasteiger partial charge in [0.1, 0.15) is 0 Å². The zero-order valence-corrected chi connectivity index (χ0v) is 15.8. The summed E-state index contributed by atoms with van der Waals surface area (Å²) in [6.45, 7) is 0. The summed E-state index contributed by atoms with van der Waals surface area (Å²) < 4.78 is 17.4. The molecule has 0 saturated heterocycles. The van der Waals surface area contributed by atoms with E-state index in [-0.39, 0.29) is 11.5 Å². The second-order valence-electron chi connectivity index (χ2n) is 5.84. The Morgan fingerprint density at radius 2 is 1.75 bits per heavy atom. The number of carbonyl (C=O) groups excluding carboxylic acids is 1. The molecule has 1 heterocycles. The number of rotatable bonds is 7. The molecule has 0 unspecified atom stereocenters. The SMILES string of the molecule is COc1cc(/C=C/C(=O)c2cccc(-n3cc[nH]c3=O)c2)cc(OC)c1OC. The van der Waals surface area contributed by atoms with Gasteiger partial charge in [-0.15, -0.1) is 0 Å². The van der Waals surface area contributed by atoms with E-state index in [4.69, 9.17) is 14.2 Å². The van der Waals surface area contributed by atoms with E-state index < -0.39 is 0 Å². The Morgan fingerprint density at radius 3 is 2.32 bits per heavy atom. The molecule has 7 heteroatoms. The van der Waals surface area contributed by atoms with Crippen LogP contribution in [0.2, 0.25) is 0 Å². The Hall–Kier alpha value is -3.74. The summed E-state index contributed by atoms with van der Waals surface area (Å²) in [5.41, 5.74) is 1.53. The van der Waals surface area contributed by atoms with Gasteiger partial charge in [-0.1, -0.05) is 18.2 Å². The number of ether oxygens (including phenoxy) is 3. The second-order valence-corrected chi connectivity index (χ2v) is 5.84. The molecule has 3 aromatic rings. The fourth-order valence-electron chi connectivity index (χ4n) is 2.80. The Morgan fingerprint density at radius 1 is 1.04 bits per heavy atom. The van der Waals surface area contributed by atoms with Gasteiger partial charge in [0.2, 0.25) is 5.75 Å². The van der Waals surface area contributed by atoms with Crippen molar-refractivity contribution in [3.8, 4) is 22.9 Å². The topological polar surface area (TPSA) is 82.6 Å². The van der Waals surface area contributed by atoms with Crippen LogP contribution in [0.15, 0.2) is 59.7 Å². The molecule has 144 valence electrons. The number of aromatic nitrogens is 2. The molecular formula is C21H20N2O5. The number of benzene rings is 2. The van der Waals surface area contributed by atoms with Crippen LogP contribution in [-0.4, -0.2) is 36.7 Å². The fourth-order valence-corrected chi connectivity index (χ4v) is 2.80. The number of hydrogen-bond acceptors (Lipinski definition) is 5. The predicted molar refractivity (Wildman–Crippen MR) is 106 cm³/mol. The summed E-state index contributed by atoms with van der Waals surface area (Å²) in [5.74, 6) is 1.29. The van der Waals surface area contributed by atoms with Crippen LogP contribution in [-0.2, 0) is 0 Å². The molecule has 1 aromatic heterocycles. The van der Waals surface area contributed by atoms with Gasteiger partial charge >= 0.3 is 5.69 Å². The maximum Gasteiger partial charge on any atom is 0.330 e. The van der Waals surface area contributed by atoms with Gasteiger partial charge in [-0.25, -0.2) is 4.79 Å². The highest BCUT2D eigenvalue weighted by Crippen LogP contribution is 2.38. The van der Waals surface area contributed by atoms with E-state index >= 15 is 0 Å². The first-order valence-corrected chi connectivity index (χ1v) is 8.46. The van der Waals surface area contributed by atoms with E-state index in [1.807, 2.05) is 0 Å². The average Bonchev–Trinajstić information content (AvgIpc) is 3.17. The molecule has 0 aliphatic carbocycles. The molecule has 0 aliphatic rings. The summed E-state index contributed by atoms with van der Waals surface area (Å²) in [7, 11) is 4.59. The lowest BCUT2D eigenvalue weighted by atomic mass is 10.1. The third-order valence-corrected chi connectivity index (χ3v) is 4.17. The Kier molecular flexibility index (Phi) is 5.64. The van der Waals surface area contributed by atoms with Crippen LogP contribution in [0.5, 0.6) is 17.2 Å². The molecule has 0 amide bonds. The highest BCUT2D eigenvalue weighted by molar-refractivity contribution is 6.07. The smallest absolute Gasteiger partial charge is 0.330 e. The number of methoxy groups -OCH3 is 3. The molecule has 7 nitrogen and oxygen atoms in total. The van der Waals surface area contributed by atoms with E-state index in [2.05, 4.69) is 4.98 Å². The Bertz CT molecular complexity index is 1050. The van der Waals surface area contributed by atoms with Gasteiger partial charge in [0, 0.05) is 18.0 Å². The summed E-state index contributed by atoms with van der Waals surface area (Å²) in [6, 6.07) is 10.4. The van der Waals surface area contributed by atoms with Crippen molar-refractivity contribution in [3.05, 3.63) is 76.5 Å². The van der Waals surface area contributed by atoms with Gasteiger partial charge in [-0.05, 0) is 35.9 Å². The fraction of sp³-hybridized carbons (Fsp3) is 0.143. The van der Waals surface area contributed by atoms with Gasteiger partial charge in [0.15, 0.2) is 17.3 Å². The molecular weight excluding hydrogens is 360 g/mol. The monoisotopic (exact) mass is 380 g/mol. The largest absolute Gasteiger partial charge is 0.493 e. The molecule has 2 aromatic carbocycles. The van der Waals surface area contributed by atoms with Crippen LogP contribution in [0.4, 0.5) is 0 Å². The highest BCUT2D eigenvalue weighted by atomic mass is 16.5. The highest BCUT2D eigenvalue weighted by Gasteiger charge is 2.12. The molecule has 0 saturated carbocycles. The van der Waals surface area contributed by atoms with E-state index in [1.165, 1.54) is 32.0 Å². The predicted octanol–water partition coefficient (Wildman–Crippen LogP) is 3.09. The van der Waals surface area contributed by atoms with Gasteiger partial charge in [0.25, 0.3) is 0 Å². The van der Waals surface area contributed by atoms with Crippen LogP contribution in [0.3, 0.4) is 0 Å². The maximum absolute atomic E-state index is 12.6. The molecule has 0 atom stereocenters. The number of hydrogen-bond donors (Lipinski definition) is 1. The van der Waals surface area contributed by atoms with Crippen molar-refractivity contribution in [3.63, 3.8) is 0 Å². The number of ketones is 1. The van der Waals surface area contributed by atoms with Crippen molar-refractivity contribution >= 4 is 11.9 Å². The molecule has 0 aliphatic heterocycles. The van der Waals surface area contributed by atoms with Gasteiger partial charge < -0.3 is 19.2 Å². The van der Waals surface area contributed by atoms with Crippen LogP contribution < -0.4 is 19.9 Å². The summed E-state index contributed by atoms with van der Waals surface area (Å²) in [5, 5.41) is 0. The molecule has 3 rings (SSSR count). The van der Waals surface area contributed by atoms with E-state index in [0.29, 0.717) is 28.5 Å². The number of H-pyrrole nitrogens is 1. The van der Waals surface area contributed by atoms with Crippen molar-refractivity contribution in [2.75, 3.05) is 21.3 Å². The molecule has 0 bridgehead atoms. The maximum atomic E-state index is 12.6. The lowest BCUT2D eigenvalue weighted by molar-refractivity contribution is 0.104. The number of allylic oxidation sites excluding steroid dienone is 1. The number of carbonyl (C=O) groups is 1. The quantitative estimate of drug-likeness (QED) is 0.503. The number of nitrogens with zero attached hydrogens (tertiary/aromatic N) is 1. The zero-order chi connectivity index (χ0) is 20.1. The molecule has 28 heavy (non-hydrogen) atoms. The minimum atomic E-state index is -0.266. The lowest BCUT2D eigenvalue weighted by Gasteiger charge is -2.12. The first-order valence-electron chi connectivity index (χ1n) is 8.46. The van der Waals surface area contributed by atoms with Crippen molar-refractivity contribution in [1.29, 1.82) is 0 Å². The normalized spacial score (nSPS) is 10.8. The van der Waals surface area contributed by atoms with Crippen LogP contribution >= 0.6 is 0 Å². The molecule has 1 N–H and O–H groups in total. The number of aromatic amines is 1. The second kappa shape index (κ2) is 8.30. The van der Waals surface area contributed by atoms with Gasteiger partial charge in [0.05, 0.1) is 27.0 Å². The van der Waals surface area contributed by atoms with Gasteiger partial charge in [-0.3, -0.25) is 9.36 Å². The van der Waals surface area contributed by atoms with Crippen molar-refractivity contribution < 1.29 is 19.0 Å². The zero-order valence-electron chi connectivity index (χ0n) is 15.8. The van der Waals surface area contributed by atoms with Crippen LogP contribution in [0, 0.1) is 0 Å². The third kappa shape index (κ3) is 3.83. The first kappa shape index (κ1) is 19.0. The first-order chi connectivity index (χ1) is 13.6. The van der Waals surface area contributed by atoms with E-state index in [9.17, 15) is 9.59 Å². The van der Waals surface area contributed by atoms with Crippen molar-refractivity contribution in [2.45, 2.75) is 0 Å². The van der Waals surface area contributed by atoms with Crippen LogP contribution in [0.25, 0.3) is 11.8 Å². The lowest BCUT2D eigenvalue weighted by Crippen LogP contribution is -2.14. The van der Waals surface area contributed by atoms with E-state index in [0.717, 1.165) is 5.56 Å². The summed E-state index contributed by atoms with van der Waals surface area (Å²) >= 11 is 0. The number of nitrogens with one attached hydrogen (secondary N) is 1. The average molecular weight is 380 g/mol. The van der Waals surface area contributed by atoms with Gasteiger partial charge in [-0.2, -0.15) is 0 Å². The Balaban J connectivity index is 1.88. The molecule has 0 radical (unpaired) electrons. The molecule has 0 spiro atoms. The van der Waals surface area contributed by atoms with Crippen molar-refractivity contribution in [2.24, 2.45) is 0 Å². The minimum Gasteiger partial charge on any atom is -0.493 e. The van der Waals surface area contributed by atoms with Crippen LogP contribution in [0.1, 0.15) is 15.9 Å².